The van der Waals surface area contributed by atoms with Gasteiger partial charge in [-0.3, -0.25) is 9.79 Å². The van der Waals surface area contributed by atoms with Crippen LogP contribution in [-0.4, -0.2) is 34.7 Å². The fourth-order valence-corrected chi connectivity index (χ4v) is 4.41. The molecule has 0 heterocycles. The number of hydrogen-bond donors (Lipinski definition) is 2. The second-order valence-electron chi connectivity index (χ2n) is 10.7. The van der Waals surface area contributed by atoms with Gasteiger partial charge in [-0.1, -0.05) is 93.7 Å². The molecule has 3 rings (SSSR count). The summed E-state index contributed by atoms with van der Waals surface area (Å²) in [6.07, 6.45) is 1.52. The van der Waals surface area contributed by atoms with E-state index in [-0.39, 0.29) is 17.5 Å². The fourth-order valence-electron chi connectivity index (χ4n) is 4.30. The summed E-state index contributed by atoms with van der Waals surface area (Å²) in [4.78, 5) is 21.5. The first-order valence-corrected chi connectivity index (χ1v) is 16.0. The third kappa shape index (κ3) is 14.0. The van der Waals surface area contributed by atoms with Crippen LogP contribution >= 0.6 is 9.24 Å². The third-order valence-corrected chi connectivity index (χ3v) is 7.83. The number of allylic oxidation sites excluding steroid dienone is 1. The number of carbonyl (C=O) groups excluding carboxylic acids is 1. The molecule has 46 heavy (non-hydrogen) atoms. The second kappa shape index (κ2) is 22.8. The Morgan fingerprint density at radius 3 is 1.89 bits per heavy atom. The monoisotopic (exact) mass is 873 g/mol. The van der Waals surface area contributed by atoms with E-state index < -0.39 is 0 Å². The molecule has 0 radical (unpaired) electrons. The van der Waals surface area contributed by atoms with Crippen molar-refractivity contribution in [2.75, 3.05) is 7.11 Å². The van der Waals surface area contributed by atoms with Crippen LogP contribution in [0.5, 0.6) is 5.75 Å². The van der Waals surface area contributed by atoms with Crippen molar-refractivity contribution in [1.82, 2.24) is 0 Å². The summed E-state index contributed by atoms with van der Waals surface area (Å²) in [6.45, 7) is 26.3. The van der Waals surface area contributed by atoms with E-state index in [9.17, 15) is 9.90 Å². The zero-order valence-electron chi connectivity index (χ0n) is 29.3. The summed E-state index contributed by atoms with van der Waals surface area (Å²) < 4.78 is 0. The Morgan fingerprint density at radius 2 is 1.39 bits per heavy atom. The van der Waals surface area contributed by atoms with E-state index in [1.54, 1.807) is 13.0 Å². The Balaban J connectivity index is 0. The van der Waals surface area contributed by atoms with Gasteiger partial charge in [0, 0.05) is 18.7 Å². The Labute approximate surface area is 275 Å². The van der Waals surface area contributed by atoms with Crippen LogP contribution in [0.15, 0.2) is 95.7 Å². The normalized spacial score (nSPS) is 12.0. The summed E-state index contributed by atoms with van der Waals surface area (Å²) >= 11 is 0. The molecule has 3 atom stereocenters. The Morgan fingerprint density at radius 1 is 0.870 bits per heavy atom. The van der Waals surface area contributed by atoms with E-state index in [0.717, 1.165) is 41.2 Å². The number of aliphatic hydroxyl groups is 1. The first-order valence-electron chi connectivity index (χ1n) is 15.4. The van der Waals surface area contributed by atoms with Crippen molar-refractivity contribution < 1.29 is 15.0 Å². The minimum Gasteiger partial charge on any atom is -0.507 e. The first-order chi connectivity index (χ1) is 21.4. The van der Waals surface area contributed by atoms with Crippen LogP contribution in [0.1, 0.15) is 80.5 Å². The molecule has 252 valence electrons. The molecule has 0 aliphatic heterocycles. The third-order valence-electron chi connectivity index (χ3n) is 7.26. The van der Waals surface area contributed by atoms with E-state index in [1.165, 1.54) is 16.7 Å². The number of aliphatic hydroxyl groups excluding tert-OH is 1. The summed E-state index contributed by atoms with van der Waals surface area (Å²) in [5.41, 5.74) is 8.05. The Hall–Kier alpha value is -4.66. The van der Waals surface area contributed by atoms with Gasteiger partial charge in [-0.2, -0.15) is 0 Å². The minimum absolute atomic E-state index is 0. The SMILES string of the molecule is C=C.C=C(P)C(C)Cc1ccc(CN=C(N=C(C)c2ccc(C)cc2)c2ccc(CC(C)C(C)=O)cc2O)c(C)c1.CC.CO.[Cm]. The van der Waals surface area contributed by atoms with E-state index >= 15 is 0 Å². The maximum atomic E-state index is 11.7. The number of phenolic OH excluding ortho intramolecular Hbond substituents is 1. The average Bonchev–Trinajstić information content (AvgIpc) is 3.03. The molecule has 0 spiro atoms. The van der Waals surface area contributed by atoms with Gasteiger partial charge in [-0.25, -0.2) is 4.99 Å². The largest absolute Gasteiger partial charge is 0.507 e. The van der Waals surface area contributed by atoms with Crippen LogP contribution in [0.2, 0.25) is 0 Å². The molecule has 0 fully saturated rings. The molecule has 0 amide bonds. The molecule has 0 aromatic heterocycles. The number of amidine groups is 1. The summed E-state index contributed by atoms with van der Waals surface area (Å²) in [7, 11) is 3.71. The molecule has 0 saturated heterocycles. The molecule has 3 unspecified atom stereocenters. The van der Waals surface area contributed by atoms with Gasteiger partial charge in [-0.05, 0) is 86.4 Å². The van der Waals surface area contributed by atoms with Crippen LogP contribution in [0, 0.1) is 25.7 Å². The average molecular weight is 878 g/mol. The molecule has 0 bridgehead atoms. The molecular formula is C39H55CmN2O3P. The van der Waals surface area contributed by atoms with Crippen LogP contribution in [0.25, 0.3) is 0 Å². The van der Waals surface area contributed by atoms with Crippen LogP contribution < -0.4 is 0 Å². The molecule has 2 N–H and O–H groups in total. The number of hydrogen-bond acceptors (Lipinski definition) is 4. The first kappa shape index (κ1) is 43.5. The number of phenols is 1. The maximum absolute atomic E-state index is 11.7. The zero-order valence-corrected chi connectivity index (χ0v) is 33.4. The van der Waals surface area contributed by atoms with Crippen LogP contribution in [-0.2, 0) is 24.2 Å². The number of ketones is 1. The van der Waals surface area contributed by atoms with Crippen molar-refractivity contribution in [1.29, 1.82) is 0 Å². The van der Waals surface area contributed by atoms with Crippen LogP contribution in [0.4, 0.5) is 0 Å². The molecular weight excluding hydrogens is 822 g/mol. The number of aliphatic imine (C=N–C) groups is 2. The smallest absolute Gasteiger partial charge is 0.158 e. The van der Waals surface area contributed by atoms with Gasteiger partial charge in [0.1, 0.15) is 11.5 Å². The summed E-state index contributed by atoms with van der Waals surface area (Å²) in [5, 5.41) is 19.1. The Bertz CT molecular complexity index is 1430. The van der Waals surface area contributed by atoms with E-state index in [2.05, 4.69) is 80.1 Å². The quantitative estimate of drug-likeness (QED) is 0.0923. The molecule has 7 heteroatoms. The van der Waals surface area contributed by atoms with Gasteiger partial charge in [0.05, 0.1) is 12.1 Å². The van der Waals surface area contributed by atoms with Gasteiger partial charge >= 0.3 is 0 Å². The molecule has 5 nitrogen and oxygen atoms in total. The van der Waals surface area contributed by atoms with Gasteiger partial charge in [0.2, 0.25) is 0 Å². The number of Topliss-reactive ketones (excluding diaryl/α,β-unsaturated/α-hetero) is 1. The topological polar surface area (TPSA) is 82.2 Å². The van der Waals surface area contributed by atoms with Gasteiger partial charge in [0.15, 0.2) is 5.84 Å². The molecule has 0 aliphatic carbocycles. The molecule has 0 aliphatic rings. The summed E-state index contributed by atoms with van der Waals surface area (Å²) in [6, 6.07) is 20.3. The molecule has 0 saturated carbocycles. The van der Waals surface area contributed by atoms with E-state index in [1.807, 2.05) is 52.0 Å². The minimum atomic E-state index is -0.103. The Kier molecular flexibility index (Phi) is 21.5. The maximum Gasteiger partial charge on any atom is 0.158 e. The van der Waals surface area contributed by atoms with Crippen molar-refractivity contribution in [3.05, 3.63) is 125 Å². The van der Waals surface area contributed by atoms with Gasteiger partial charge in [-0.15, -0.1) is 22.4 Å². The predicted molar refractivity (Wildman–Crippen MR) is 199 cm³/mol. The van der Waals surface area contributed by atoms with Crippen molar-refractivity contribution in [2.45, 2.75) is 74.8 Å². The standard InChI is InChI=1S/C34H41N2O2P.C2H6.C2H4.CH4O.Cm/c1-21-8-12-30(13-9-21)25(5)36-34(32-15-11-29(19-33(32)38)16-22(2)26(6)37)35-20-31-14-10-28(18-24(31)4)17-23(3)27(7)39;3*1-2;/h8-15,18-19,22-23,38H,7,16-17,20,39H2,1-6H3;1-2H3;1-2H2;2H,1H3;. The number of nitrogens with zero attached hydrogens (tertiary/aromatic N) is 2. The van der Waals surface area contributed by atoms with Crippen LogP contribution in [0.3, 0.4) is 0 Å². The second-order valence-corrected chi connectivity index (χ2v) is 11.5. The number of aryl methyl sites for hydroxylation is 2. The van der Waals surface area contributed by atoms with Crippen molar-refractivity contribution in [2.24, 2.45) is 21.8 Å². The van der Waals surface area contributed by atoms with Crippen molar-refractivity contribution >= 4 is 26.6 Å². The zero-order chi connectivity index (χ0) is 34.7. The van der Waals surface area contributed by atoms with Crippen molar-refractivity contribution in [3.8, 4) is 5.75 Å². The summed E-state index contributed by atoms with van der Waals surface area (Å²) in [5.74, 6) is 1.02. The van der Waals surface area contributed by atoms with E-state index in [0.29, 0.717) is 30.3 Å². The number of benzene rings is 3. The molecule has 3 aromatic carbocycles. The van der Waals surface area contributed by atoms with E-state index in [4.69, 9.17) is 15.1 Å². The van der Waals surface area contributed by atoms with Gasteiger partial charge in [0.25, 0.3) is 0 Å². The number of carbonyl (C=O) groups is 1. The van der Waals surface area contributed by atoms with Crippen molar-refractivity contribution in [3.63, 3.8) is 0 Å². The number of rotatable bonds is 10. The fraction of sp³-hybridized carbons (Fsp3) is 0.359. The van der Waals surface area contributed by atoms with Gasteiger partial charge < -0.3 is 10.2 Å². The predicted octanol–water partition coefficient (Wildman–Crippen LogP) is 9.24. The number of aromatic hydroxyl groups is 1. The molecule has 3 aromatic rings.